The van der Waals surface area contributed by atoms with Crippen LogP contribution >= 0.6 is 0 Å². The number of nitrogens with two attached hydrogens (primary N) is 1. The molecule has 1 heteroatoms. The summed E-state index contributed by atoms with van der Waals surface area (Å²) in [6, 6.07) is 0. The Kier molecular flexibility index (Phi) is 9.19. The Bertz CT molecular complexity index is 213. The minimum Gasteiger partial charge on any atom is -0.330 e. The van der Waals surface area contributed by atoms with Gasteiger partial charge in [-0.15, -0.1) is 0 Å². The van der Waals surface area contributed by atoms with Crippen LogP contribution in [0, 0.1) is 5.92 Å². The van der Waals surface area contributed by atoms with Crippen LogP contribution in [0.4, 0.5) is 0 Å². The van der Waals surface area contributed by atoms with Crippen molar-refractivity contribution in [1.29, 1.82) is 0 Å². The van der Waals surface area contributed by atoms with Crippen molar-refractivity contribution in [3.63, 3.8) is 0 Å². The van der Waals surface area contributed by atoms with Crippen LogP contribution in [0.5, 0.6) is 0 Å². The molecule has 2 N–H and O–H groups in total. The quantitative estimate of drug-likeness (QED) is 0.475. The van der Waals surface area contributed by atoms with Crippen molar-refractivity contribution in [2.45, 2.75) is 39.5 Å². The third-order valence-electron chi connectivity index (χ3n) is 2.67. The van der Waals surface area contributed by atoms with Crippen molar-refractivity contribution < 1.29 is 0 Å². The molecule has 1 unspecified atom stereocenters. The van der Waals surface area contributed by atoms with E-state index in [1.165, 1.54) is 24.8 Å². The fourth-order valence-electron chi connectivity index (χ4n) is 1.66. The van der Waals surface area contributed by atoms with E-state index >= 15 is 0 Å². The van der Waals surface area contributed by atoms with Crippen LogP contribution in [-0.4, -0.2) is 6.54 Å². The highest BCUT2D eigenvalue weighted by Gasteiger charge is 2.04. The molecule has 0 aliphatic rings. The van der Waals surface area contributed by atoms with Gasteiger partial charge in [-0.1, -0.05) is 50.6 Å². The van der Waals surface area contributed by atoms with Crippen molar-refractivity contribution in [3.8, 4) is 0 Å². The van der Waals surface area contributed by atoms with Crippen LogP contribution in [0.2, 0.25) is 0 Å². The standard InChI is InChI=1S/C14H25N/c1-4-6-11-14(5-2)13(3)10-8-7-9-12-15/h4-6,11,13H,1,7-10,12,15H2,2-3H3/b11-6-,14-5+. The summed E-state index contributed by atoms with van der Waals surface area (Å²) in [6.07, 6.45) is 13.1. The second-order valence-electron chi connectivity index (χ2n) is 3.92. The first-order valence-corrected chi connectivity index (χ1v) is 5.91. The molecule has 86 valence electrons. The highest BCUT2D eigenvalue weighted by Crippen LogP contribution is 2.19. The first-order chi connectivity index (χ1) is 7.26. The molecule has 0 amide bonds. The van der Waals surface area contributed by atoms with E-state index in [0.29, 0.717) is 5.92 Å². The molecule has 1 nitrogen and oxygen atoms in total. The predicted molar refractivity (Wildman–Crippen MR) is 69.8 cm³/mol. The molecule has 0 spiro atoms. The third-order valence-corrected chi connectivity index (χ3v) is 2.67. The lowest BCUT2D eigenvalue weighted by Crippen LogP contribution is -2.00. The highest BCUT2D eigenvalue weighted by atomic mass is 14.5. The third kappa shape index (κ3) is 7.15. The minimum absolute atomic E-state index is 0.643. The predicted octanol–water partition coefficient (Wildman–Crippen LogP) is 3.83. The van der Waals surface area contributed by atoms with Crippen LogP contribution in [0.25, 0.3) is 0 Å². The lowest BCUT2D eigenvalue weighted by molar-refractivity contribution is 0.554. The van der Waals surface area contributed by atoms with Crippen molar-refractivity contribution in [2.75, 3.05) is 6.54 Å². The average Bonchev–Trinajstić information content (AvgIpc) is 2.25. The molecule has 0 radical (unpaired) electrons. The van der Waals surface area contributed by atoms with Gasteiger partial charge in [-0.3, -0.25) is 0 Å². The molecule has 1 atom stereocenters. The molecule has 0 saturated carbocycles. The van der Waals surface area contributed by atoms with E-state index in [1.807, 2.05) is 12.2 Å². The van der Waals surface area contributed by atoms with Crippen LogP contribution in [0.3, 0.4) is 0 Å². The van der Waals surface area contributed by atoms with Crippen LogP contribution in [-0.2, 0) is 0 Å². The summed E-state index contributed by atoms with van der Waals surface area (Å²) in [5, 5.41) is 0. The molecule has 0 aromatic carbocycles. The molecular weight excluding hydrogens is 182 g/mol. The summed E-state index contributed by atoms with van der Waals surface area (Å²) < 4.78 is 0. The van der Waals surface area contributed by atoms with Crippen molar-refractivity contribution >= 4 is 0 Å². The summed E-state index contributed by atoms with van der Waals surface area (Å²) in [6.45, 7) is 8.88. The van der Waals surface area contributed by atoms with Gasteiger partial charge in [0, 0.05) is 0 Å². The molecule has 15 heavy (non-hydrogen) atoms. The van der Waals surface area contributed by atoms with E-state index in [1.54, 1.807) is 0 Å². The lowest BCUT2D eigenvalue weighted by Gasteiger charge is -2.12. The summed E-state index contributed by atoms with van der Waals surface area (Å²) in [4.78, 5) is 0. The zero-order valence-corrected chi connectivity index (χ0v) is 10.2. The number of unbranched alkanes of at least 4 members (excludes halogenated alkanes) is 2. The zero-order chi connectivity index (χ0) is 11.5. The molecule has 0 saturated heterocycles. The van der Waals surface area contributed by atoms with Crippen molar-refractivity contribution in [3.05, 3.63) is 36.5 Å². The molecule has 0 rings (SSSR count). The van der Waals surface area contributed by atoms with Gasteiger partial charge in [0.05, 0.1) is 0 Å². The van der Waals surface area contributed by atoms with Gasteiger partial charge in [-0.05, 0) is 37.8 Å². The highest BCUT2D eigenvalue weighted by molar-refractivity contribution is 5.22. The Morgan fingerprint density at radius 1 is 1.33 bits per heavy atom. The molecule has 0 aromatic heterocycles. The van der Waals surface area contributed by atoms with E-state index in [2.05, 4.69) is 32.6 Å². The maximum atomic E-state index is 5.46. The zero-order valence-electron chi connectivity index (χ0n) is 10.2. The molecule has 0 aromatic rings. The van der Waals surface area contributed by atoms with Gasteiger partial charge in [0.1, 0.15) is 0 Å². The van der Waals surface area contributed by atoms with Gasteiger partial charge < -0.3 is 5.73 Å². The van der Waals surface area contributed by atoms with Crippen LogP contribution in [0.15, 0.2) is 36.5 Å². The molecule has 0 aliphatic heterocycles. The van der Waals surface area contributed by atoms with Gasteiger partial charge in [-0.25, -0.2) is 0 Å². The topological polar surface area (TPSA) is 26.0 Å². The second kappa shape index (κ2) is 9.72. The van der Waals surface area contributed by atoms with Gasteiger partial charge in [-0.2, -0.15) is 0 Å². The SMILES string of the molecule is C=C/C=C\C(=C/C)C(C)CCCCCN. The van der Waals surface area contributed by atoms with Crippen LogP contribution in [0.1, 0.15) is 39.5 Å². The maximum Gasteiger partial charge on any atom is -0.00773 e. The molecule has 0 aliphatic carbocycles. The Balaban J connectivity index is 3.89. The van der Waals surface area contributed by atoms with Crippen molar-refractivity contribution in [1.82, 2.24) is 0 Å². The van der Waals surface area contributed by atoms with E-state index in [0.717, 1.165) is 13.0 Å². The van der Waals surface area contributed by atoms with Gasteiger partial charge in [0.2, 0.25) is 0 Å². The van der Waals surface area contributed by atoms with Gasteiger partial charge in [0.25, 0.3) is 0 Å². The Morgan fingerprint density at radius 2 is 2.07 bits per heavy atom. The van der Waals surface area contributed by atoms with E-state index in [4.69, 9.17) is 5.73 Å². The first-order valence-electron chi connectivity index (χ1n) is 5.91. The maximum absolute atomic E-state index is 5.46. The molecular formula is C14H25N. The summed E-state index contributed by atoms with van der Waals surface area (Å²) in [7, 11) is 0. The number of hydrogen-bond donors (Lipinski definition) is 1. The normalized spacial score (nSPS) is 14.5. The lowest BCUT2D eigenvalue weighted by atomic mass is 9.94. The monoisotopic (exact) mass is 207 g/mol. The summed E-state index contributed by atoms with van der Waals surface area (Å²) >= 11 is 0. The Morgan fingerprint density at radius 3 is 2.60 bits per heavy atom. The van der Waals surface area contributed by atoms with E-state index < -0.39 is 0 Å². The summed E-state index contributed by atoms with van der Waals surface area (Å²) in [5.41, 5.74) is 6.87. The fourth-order valence-corrected chi connectivity index (χ4v) is 1.66. The van der Waals surface area contributed by atoms with Gasteiger partial charge >= 0.3 is 0 Å². The molecule has 0 fully saturated rings. The minimum atomic E-state index is 0.643. The fraction of sp³-hybridized carbons (Fsp3) is 0.571. The smallest absolute Gasteiger partial charge is 0.00773 e. The Labute approximate surface area is 94.8 Å². The van der Waals surface area contributed by atoms with Crippen LogP contribution < -0.4 is 5.73 Å². The average molecular weight is 207 g/mol. The molecule has 0 heterocycles. The van der Waals surface area contributed by atoms with E-state index in [9.17, 15) is 0 Å². The number of rotatable bonds is 8. The molecule has 0 bridgehead atoms. The van der Waals surface area contributed by atoms with E-state index in [-0.39, 0.29) is 0 Å². The Hall–Kier alpha value is -0.820. The summed E-state index contributed by atoms with van der Waals surface area (Å²) in [5.74, 6) is 0.643. The first kappa shape index (κ1) is 14.2. The number of allylic oxidation sites excluding steroid dienone is 5. The second-order valence-corrected chi connectivity index (χ2v) is 3.92. The van der Waals surface area contributed by atoms with Gasteiger partial charge in [0.15, 0.2) is 0 Å². The largest absolute Gasteiger partial charge is 0.330 e. The van der Waals surface area contributed by atoms with Crippen molar-refractivity contribution in [2.24, 2.45) is 11.7 Å². The number of hydrogen-bond acceptors (Lipinski definition) is 1.